The van der Waals surface area contributed by atoms with Crippen LogP contribution in [0.15, 0.2) is 11.6 Å². The van der Waals surface area contributed by atoms with Crippen LogP contribution in [0.5, 0.6) is 0 Å². The SMILES string of the molecule is CC1=CCN(I)CC1. The standard InChI is InChI=1S/C6H10IN/c1-6-2-4-8(7)5-3-6/h2H,3-5H2,1H3. The summed E-state index contributed by atoms with van der Waals surface area (Å²) in [6.07, 6.45) is 3.54. The van der Waals surface area contributed by atoms with Gasteiger partial charge in [0, 0.05) is 36.0 Å². The Labute approximate surface area is 64.2 Å². The predicted molar refractivity (Wildman–Crippen MR) is 44.0 cm³/mol. The van der Waals surface area contributed by atoms with E-state index in [2.05, 4.69) is 39.0 Å². The summed E-state index contributed by atoms with van der Waals surface area (Å²) < 4.78 is 2.30. The molecule has 0 amide bonds. The number of nitrogens with zero attached hydrogens (tertiary/aromatic N) is 1. The van der Waals surface area contributed by atoms with Crippen LogP contribution in [-0.2, 0) is 0 Å². The Hall–Kier alpha value is 0.430. The first-order valence-corrected chi connectivity index (χ1v) is 3.82. The fraction of sp³-hybridized carbons (Fsp3) is 0.667. The molecule has 1 aliphatic heterocycles. The van der Waals surface area contributed by atoms with Crippen LogP contribution in [0, 0.1) is 0 Å². The molecule has 0 aliphatic carbocycles. The van der Waals surface area contributed by atoms with Crippen LogP contribution < -0.4 is 0 Å². The van der Waals surface area contributed by atoms with Gasteiger partial charge in [0.1, 0.15) is 0 Å². The first-order chi connectivity index (χ1) is 3.79. The lowest BCUT2D eigenvalue weighted by Gasteiger charge is -2.17. The largest absolute Gasteiger partial charge is 0.243 e. The summed E-state index contributed by atoms with van der Waals surface area (Å²) in [4.78, 5) is 0. The van der Waals surface area contributed by atoms with Gasteiger partial charge in [0.2, 0.25) is 0 Å². The third-order valence-electron chi connectivity index (χ3n) is 1.39. The summed E-state index contributed by atoms with van der Waals surface area (Å²) in [5, 5.41) is 0. The molecule has 0 saturated heterocycles. The summed E-state index contributed by atoms with van der Waals surface area (Å²) in [5.74, 6) is 0. The molecule has 0 spiro atoms. The van der Waals surface area contributed by atoms with Gasteiger partial charge in [-0.1, -0.05) is 11.6 Å². The highest BCUT2D eigenvalue weighted by Gasteiger charge is 2.03. The first kappa shape index (κ1) is 6.55. The summed E-state index contributed by atoms with van der Waals surface area (Å²) in [7, 11) is 0. The molecule has 0 atom stereocenters. The van der Waals surface area contributed by atoms with Crippen LogP contribution in [0.2, 0.25) is 0 Å². The third kappa shape index (κ3) is 1.74. The van der Waals surface area contributed by atoms with Gasteiger partial charge in [0.05, 0.1) is 0 Å². The molecule has 0 bridgehead atoms. The fourth-order valence-electron chi connectivity index (χ4n) is 0.746. The lowest BCUT2D eigenvalue weighted by atomic mass is 10.1. The van der Waals surface area contributed by atoms with E-state index in [0.717, 1.165) is 6.54 Å². The Bertz CT molecular complexity index is 109. The van der Waals surface area contributed by atoms with E-state index in [9.17, 15) is 0 Å². The Morgan fingerprint density at radius 3 is 2.88 bits per heavy atom. The fourth-order valence-corrected chi connectivity index (χ4v) is 1.18. The van der Waals surface area contributed by atoms with E-state index in [1.807, 2.05) is 0 Å². The van der Waals surface area contributed by atoms with E-state index in [0.29, 0.717) is 0 Å². The topological polar surface area (TPSA) is 3.24 Å². The predicted octanol–water partition coefficient (Wildman–Crippen LogP) is 1.99. The van der Waals surface area contributed by atoms with Crippen molar-refractivity contribution in [3.63, 3.8) is 0 Å². The van der Waals surface area contributed by atoms with Crippen molar-refractivity contribution in [3.8, 4) is 0 Å². The molecule has 46 valence electrons. The molecule has 0 aromatic carbocycles. The molecule has 0 saturated carbocycles. The maximum absolute atomic E-state index is 2.36. The number of rotatable bonds is 0. The minimum absolute atomic E-state index is 1.13. The Kier molecular flexibility index (Phi) is 2.31. The van der Waals surface area contributed by atoms with E-state index in [1.54, 1.807) is 0 Å². The molecule has 1 nitrogen and oxygen atoms in total. The highest BCUT2D eigenvalue weighted by molar-refractivity contribution is 14.1. The number of hydrogen-bond donors (Lipinski definition) is 0. The van der Waals surface area contributed by atoms with Crippen LogP contribution in [0.25, 0.3) is 0 Å². The molecule has 0 radical (unpaired) electrons. The molecule has 8 heavy (non-hydrogen) atoms. The van der Waals surface area contributed by atoms with Gasteiger partial charge >= 0.3 is 0 Å². The minimum Gasteiger partial charge on any atom is -0.243 e. The second kappa shape index (κ2) is 2.82. The number of halogens is 1. The number of hydrogen-bond acceptors (Lipinski definition) is 1. The first-order valence-electron chi connectivity index (χ1n) is 2.85. The van der Waals surface area contributed by atoms with E-state index in [4.69, 9.17) is 0 Å². The van der Waals surface area contributed by atoms with Crippen molar-refractivity contribution in [1.29, 1.82) is 0 Å². The molecule has 0 aromatic heterocycles. The molecular weight excluding hydrogens is 213 g/mol. The summed E-state index contributed by atoms with van der Waals surface area (Å²) in [6.45, 7) is 4.55. The lowest BCUT2D eigenvalue weighted by Crippen LogP contribution is -2.17. The van der Waals surface area contributed by atoms with Crippen molar-refractivity contribution in [1.82, 2.24) is 3.11 Å². The van der Waals surface area contributed by atoms with Crippen LogP contribution in [0.3, 0.4) is 0 Å². The van der Waals surface area contributed by atoms with Crippen molar-refractivity contribution < 1.29 is 0 Å². The zero-order chi connectivity index (χ0) is 5.98. The molecule has 0 unspecified atom stereocenters. The van der Waals surface area contributed by atoms with E-state index in [-0.39, 0.29) is 0 Å². The van der Waals surface area contributed by atoms with Crippen LogP contribution in [0.4, 0.5) is 0 Å². The maximum Gasteiger partial charge on any atom is 0.0264 e. The molecule has 0 fully saturated rings. The van der Waals surface area contributed by atoms with Gasteiger partial charge in [-0.15, -0.1) is 0 Å². The van der Waals surface area contributed by atoms with Crippen LogP contribution >= 0.6 is 22.9 Å². The molecule has 1 aliphatic rings. The Morgan fingerprint density at radius 1 is 1.75 bits per heavy atom. The highest BCUT2D eigenvalue weighted by atomic mass is 127. The molecule has 1 rings (SSSR count). The van der Waals surface area contributed by atoms with Gasteiger partial charge in [-0.3, -0.25) is 0 Å². The van der Waals surface area contributed by atoms with Crippen LogP contribution in [0.1, 0.15) is 13.3 Å². The van der Waals surface area contributed by atoms with E-state index < -0.39 is 0 Å². The second-order valence-corrected chi connectivity index (χ2v) is 3.53. The highest BCUT2D eigenvalue weighted by Crippen LogP contribution is 2.11. The smallest absolute Gasteiger partial charge is 0.0264 e. The molecule has 2 heteroatoms. The molecule has 0 N–H and O–H groups in total. The molecular formula is C6H10IN. The van der Waals surface area contributed by atoms with Gasteiger partial charge in [0.15, 0.2) is 0 Å². The zero-order valence-corrected chi connectivity index (χ0v) is 7.18. The van der Waals surface area contributed by atoms with Gasteiger partial charge < -0.3 is 0 Å². The average Bonchev–Trinajstić information content (AvgIpc) is 1.77. The second-order valence-electron chi connectivity index (χ2n) is 2.17. The average molecular weight is 223 g/mol. The van der Waals surface area contributed by atoms with Crippen LogP contribution in [-0.4, -0.2) is 16.2 Å². The van der Waals surface area contributed by atoms with Gasteiger partial charge in [-0.05, 0) is 13.3 Å². The lowest BCUT2D eigenvalue weighted by molar-refractivity contribution is 0.537. The zero-order valence-electron chi connectivity index (χ0n) is 5.02. The summed E-state index contributed by atoms with van der Waals surface area (Å²) >= 11 is 2.36. The van der Waals surface area contributed by atoms with E-state index >= 15 is 0 Å². The quantitative estimate of drug-likeness (QED) is 0.345. The van der Waals surface area contributed by atoms with E-state index in [1.165, 1.54) is 18.5 Å². The minimum atomic E-state index is 1.13. The summed E-state index contributed by atoms with van der Waals surface area (Å²) in [6, 6.07) is 0. The van der Waals surface area contributed by atoms with Crippen molar-refractivity contribution in [2.45, 2.75) is 13.3 Å². The monoisotopic (exact) mass is 223 g/mol. The maximum atomic E-state index is 2.36. The molecule has 0 aromatic rings. The third-order valence-corrected chi connectivity index (χ3v) is 2.26. The normalized spacial score (nSPS) is 23.0. The Morgan fingerprint density at radius 2 is 2.50 bits per heavy atom. The van der Waals surface area contributed by atoms with Gasteiger partial charge in [-0.25, -0.2) is 3.11 Å². The summed E-state index contributed by atoms with van der Waals surface area (Å²) in [5.41, 5.74) is 1.54. The van der Waals surface area contributed by atoms with Crippen molar-refractivity contribution in [2.75, 3.05) is 13.1 Å². The van der Waals surface area contributed by atoms with Crippen molar-refractivity contribution in [3.05, 3.63) is 11.6 Å². The van der Waals surface area contributed by atoms with Crippen molar-refractivity contribution in [2.24, 2.45) is 0 Å². The van der Waals surface area contributed by atoms with Gasteiger partial charge in [0.25, 0.3) is 0 Å². The van der Waals surface area contributed by atoms with Crippen molar-refractivity contribution >= 4 is 22.9 Å². The Balaban J connectivity index is 2.42. The van der Waals surface area contributed by atoms with Gasteiger partial charge in [-0.2, -0.15) is 0 Å². The molecule has 1 heterocycles.